The van der Waals surface area contributed by atoms with Crippen LogP contribution in [0, 0.1) is 5.92 Å². The van der Waals surface area contributed by atoms with Crippen molar-refractivity contribution in [2.24, 2.45) is 5.92 Å². The average molecular weight is 458 g/mol. The molecule has 34 heavy (non-hydrogen) atoms. The number of hydrogen-bond donors (Lipinski definition) is 1. The number of carbonyl (C=O) groups is 2. The Hall–Kier alpha value is -3.48. The number of aromatic nitrogens is 3. The summed E-state index contributed by atoms with van der Waals surface area (Å²) >= 11 is 0. The van der Waals surface area contributed by atoms with Gasteiger partial charge in [0.1, 0.15) is 5.82 Å². The van der Waals surface area contributed by atoms with E-state index in [1.165, 1.54) is 5.56 Å². The number of nitrogens with one attached hydrogen (secondary N) is 1. The highest BCUT2D eigenvalue weighted by atomic mass is 16.2. The smallest absolute Gasteiger partial charge is 0.289 e. The Balaban J connectivity index is 1.54. The number of likely N-dealkylation sites (tertiary alicyclic amines) is 1. The van der Waals surface area contributed by atoms with Crippen molar-refractivity contribution in [2.45, 2.75) is 51.1 Å². The number of hydrogen-bond acceptors (Lipinski definition) is 4. The SMILES string of the molecule is CC(C)CNC(=O)c1nnc2n1CC1N(C(=O)c3ccccc3)CCC1(c1ccccc1)CC2. The van der Waals surface area contributed by atoms with Crippen molar-refractivity contribution in [3.05, 3.63) is 83.4 Å². The van der Waals surface area contributed by atoms with Gasteiger partial charge in [-0.3, -0.25) is 9.59 Å². The van der Waals surface area contributed by atoms with Crippen LogP contribution in [0.15, 0.2) is 60.7 Å². The lowest BCUT2D eigenvalue weighted by atomic mass is 9.71. The predicted octanol–water partition coefficient (Wildman–Crippen LogP) is 3.46. The number of nitrogens with zero attached hydrogens (tertiary/aromatic N) is 4. The third-order valence-corrected chi connectivity index (χ3v) is 7.29. The van der Waals surface area contributed by atoms with Crippen molar-refractivity contribution in [3.63, 3.8) is 0 Å². The fraction of sp³-hybridized carbons (Fsp3) is 0.407. The molecule has 0 bridgehead atoms. The van der Waals surface area contributed by atoms with Gasteiger partial charge in [0.05, 0.1) is 6.04 Å². The summed E-state index contributed by atoms with van der Waals surface area (Å²) in [7, 11) is 0. The Morgan fingerprint density at radius 1 is 1.03 bits per heavy atom. The lowest BCUT2D eigenvalue weighted by Gasteiger charge is -2.37. The first kappa shape index (κ1) is 22.3. The first-order valence-corrected chi connectivity index (χ1v) is 12.1. The molecule has 2 aliphatic rings. The third-order valence-electron chi connectivity index (χ3n) is 7.29. The molecule has 7 nitrogen and oxygen atoms in total. The van der Waals surface area contributed by atoms with Crippen LogP contribution in [0.2, 0.25) is 0 Å². The largest absolute Gasteiger partial charge is 0.349 e. The van der Waals surface area contributed by atoms with Crippen LogP contribution in [0.5, 0.6) is 0 Å². The van der Waals surface area contributed by atoms with E-state index in [1.807, 2.05) is 45.9 Å². The van der Waals surface area contributed by atoms with Crippen LogP contribution in [0.25, 0.3) is 0 Å². The van der Waals surface area contributed by atoms with Crippen LogP contribution in [0.3, 0.4) is 0 Å². The zero-order chi connectivity index (χ0) is 23.7. The van der Waals surface area contributed by atoms with Gasteiger partial charge in [-0.25, -0.2) is 0 Å². The number of rotatable bonds is 5. The fourth-order valence-corrected chi connectivity index (χ4v) is 5.51. The molecule has 0 radical (unpaired) electrons. The first-order valence-electron chi connectivity index (χ1n) is 12.1. The highest BCUT2D eigenvalue weighted by molar-refractivity contribution is 5.95. The Morgan fingerprint density at radius 2 is 1.74 bits per heavy atom. The molecule has 176 valence electrons. The van der Waals surface area contributed by atoms with Gasteiger partial charge < -0.3 is 14.8 Å². The normalized spacial score (nSPS) is 21.6. The number of fused-ring (bicyclic) bond motifs is 2. The van der Waals surface area contributed by atoms with Gasteiger partial charge >= 0.3 is 0 Å². The highest BCUT2D eigenvalue weighted by Gasteiger charge is 2.51. The molecule has 5 rings (SSSR count). The summed E-state index contributed by atoms with van der Waals surface area (Å²) < 4.78 is 1.95. The Labute approximate surface area is 200 Å². The Kier molecular flexibility index (Phi) is 5.94. The number of benzene rings is 2. The van der Waals surface area contributed by atoms with E-state index in [1.54, 1.807) is 0 Å². The molecule has 2 amide bonds. The molecule has 2 unspecified atom stereocenters. The van der Waals surface area contributed by atoms with E-state index in [2.05, 4.69) is 53.6 Å². The number of aryl methyl sites for hydroxylation is 1. The topological polar surface area (TPSA) is 80.1 Å². The summed E-state index contributed by atoms with van der Waals surface area (Å²) in [5.74, 6) is 1.31. The molecule has 0 spiro atoms. The van der Waals surface area contributed by atoms with Gasteiger partial charge in [-0.2, -0.15) is 0 Å². The van der Waals surface area contributed by atoms with Crippen LogP contribution in [0.4, 0.5) is 0 Å². The first-order chi connectivity index (χ1) is 16.5. The maximum atomic E-state index is 13.6. The van der Waals surface area contributed by atoms with Crippen molar-refractivity contribution >= 4 is 11.8 Å². The molecule has 3 heterocycles. The van der Waals surface area contributed by atoms with Gasteiger partial charge in [0, 0.05) is 37.0 Å². The van der Waals surface area contributed by atoms with E-state index in [0.29, 0.717) is 43.4 Å². The predicted molar refractivity (Wildman–Crippen MR) is 130 cm³/mol. The Bertz CT molecular complexity index is 1170. The van der Waals surface area contributed by atoms with Gasteiger partial charge in [0.2, 0.25) is 5.82 Å². The maximum Gasteiger partial charge on any atom is 0.289 e. The molecule has 1 fully saturated rings. The van der Waals surface area contributed by atoms with E-state index in [-0.39, 0.29) is 23.3 Å². The molecule has 3 aromatic rings. The van der Waals surface area contributed by atoms with E-state index >= 15 is 0 Å². The van der Waals surface area contributed by atoms with Crippen molar-refractivity contribution in [1.29, 1.82) is 0 Å². The van der Waals surface area contributed by atoms with Gasteiger partial charge in [0.15, 0.2) is 0 Å². The monoisotopic (exact) mass is 457 g/mol. The summed E-state index contributed by atoms with van der Waals surface area (Å²) in [5.41, 5.74) is 1.74. The second kappa shape index (κ2) is 9.05. The zero-order valence-electron chi connectivity index (χ0n) is 19.8. The molecule has 0 saturated carbocycles. The maximum absolute atomic E-state index is 13.6. The second-order valence-electron chi connectivity index (χ2n) is 9.81. The molecular weight excluding hydrogens is 426 g/mol. The minimum absolute atomic E-state index is 0.0331. The van der Waals surface area contributed by atoms with Crippen LogP contribution in [-0.2, 0) is 18.4 Å². The summed E-state index contributed by atoms with van der Waals surface area (Å²) in [6, 6.07) is 19.9. The van der Waals surface area contributed by atoms with Crippen LogP contribution in [0.1, 0.15) is 59.1 Å². The van der Waals surface area contributed by atoms with Crippen LogP contribution < -0.4 is 5.32 Å². The summed E-state index contributed by atoms with van der Waals surface area (Å²) in [6.07, 6.45) is 2.45. The van der Waals surface area contributed by atoms with E-state index in [9.17, 15) is 9.59 Å². The Morgan fingerprint density at radius 3 is 2.44 bits per heavy atom. The van der Waals surface area contributed by atoms with Gasteiger partial charge in [-0.15, -0.1) is 10.2 Å². The molecular formula is C27H31N5O2. The number of carbonyl (C=O) groups excluding carboxylic acids is 2. The molecule has 2 aliphatic heterocycles. The minimum atomic E-state index is -0.210. The molecule has 1 N–H and O–H groups in total. The van der Waals surface area contributed by atoms with E-state index < -0.39 is 0 Å². The summed E-state index contributed by atoms with van der Waals surface area (Å²) in [5, 5.41) is 11.6. The average Bonchev–Trinajstić information content (AvgIpc) is 3.40. The van der Waals surface area contributed by atoms with E-state index in [0.717, 1.165) is 18.7 Å². The molecule has 7 heteroatoms. The lowest BCUT2D eigenvalue weighted by molar-refractivity contribution is 0.0688. The quantitative estimate of drug-likeness (QED) is 0.636. The van der Waals surface area contributed by atoms with Crippen molar-refractivity contribution in [3.8, 4) is 0 Å². The fourth-order valence-electron chi connectivity index (χ4n) is 5.51. The van der Waals surface area contributed by atoms with Gasteiger partial charge in [-0.1, -0.05) is 62.4 Å². The number of amides is 2. The highest BCUT2D eigenvalue weighted by Crippen LogP contribution is 2.46. The minimum Gasteiger partial charge on any atom is -0.349 e. The molecule has 2 aromatic carbocycles. The summed E-state index contributed by atoms with van der Waals surface area (Å²) in [6.45, 7) is 5.88. The molecule has 1 saturated heterocycles. The van der Waals surface area contributed by atoms with E-state index in [4.69, 9.17) is 0 Å². The third kappa shape index (κ3) is 3.89. The standard InChI is InChI=1S/C27H31N5O2/c1-19(2)17-28-25(33)24-30-29-23-13-14-27(21-11-7-4-8-12-21)15-16-31(22(27)18-32(23)24)26(34)20-9-5-3-6-10-20/h3-12,19,22H,13-18H2,1-2H3,(H,28,33). The zero-order valence-corrected chi connectivity index (χ0v) is 19.8. The lowest BCUT2D eigenvalue weighted by Crippen LogP contribution is -2.47. The van der Waals surface area contributed by atoms with Crippen LogP contribution in [-0.4, -0.2) is 50.6 Å². The molecule has 0 aliphatic carbocycles. The van der Waals surface area contributed by atoms with Crippen molar-refractivity contribution in [1.82, 2.24) is 25.0 Å². The molecule has 2 atom stereocenters. The van der Waals surface area contributed by atoms with Crippen LogP contribution >= 0.6 is 0 Å². The van der Waals surface area contributed by atoms with Crippen molar-refractivity contribution in [2.75, 3.05) is 13.1 Å². The second-order valence-corrected chi connectivity index (χ2v) is 9.81. The van der Waals surface area contributed by atoms with Crippen molar-refractivity contribution < 1.29 is 9.59 Å². The van der Waals surface area contributed by atoms with Gasteiger partial charge in [0.25, 0.3) is 11.8 Å². The molecule has 1 aromatic heterocycles. The van der Waals surface area contributed by atoms with Gasteiger partial charge in [-0.05, 0) is 36.5 Å². The summed E-state index contributed by atoms with van der Waals surface area (Å²) in [4.78, 5) is 28.6.